The molecule has 136 valence electrons. The summed E-state index contributed by atoms with van der Waals surface area (Å²) in [7, 11) is -3.56. The highest BCUT2D eigenvalue weighted by atomic mass is 35.5. The summed E-state index contributed by atoms with van der Waals surface area (Å²) in [5.41, 5.74) is 0.739. The van der Waals surface area contributed by atoms with Crippen LogP contribution in [0, 0.1) is 5.82 Å². The fraction of sp³-hybridized carbons (Fsp3) is 0.176. The molecular formula is C17H15ClFN3O3S. The summed E-state index contributed by atoms with van der Waals surface area (Å²) in [6.07, 6.45) is 0.184. The van der Waals surface area contributed by atoms with Crippen LogP contribution in [0.15, 0.2) is 53.1 Å². The van der Waals surface area contributed by atoms with E-state index in [1.807, 2.05) is 0 Å². The number of rotatable bonds is 7. The van der Waals surface area contributed by atoms with Crippen LogP contribution in [0.1, 0.15) is 11.5 Å². The summed E-state index contributed by atoms with van der Waals surface area (Å²) in [6, 6.07) is 12.8. The highest BCUT2D eigenvalue weighted by Gasteiger charge is 2.15. The van der Waals surface area contributed by atoms with Gasteiger partial charge < -0.3 is 4.52 Å². The van der Waals surface area contributed by atoms with Crippen LogP contribution in [0.2, 0.25) is 5.02 Å². The smallest absolute Gasteiger partial charge is 0.228 e. The number of hydrogen-bond donors (Lipinski definition) is 1. The largest absolute Gasteiger partial charge is 0.339 e. The summed E-state index contributed by atoms with van der Waals surface area (Å²) < 4.78 is 45.5. The zero-order valence-electron chi connectivity index (χ0n) is 13.5. The lowest BCUT2D eigenvalue weighted by Crippen LogP contribution is -2.27. The van der Waals surface area contributed by atoms with Crippen molar-refractivity contribution in [3.05, 3.63) is 70.8 Å². The van der Waals surface area contributed by atoms with E-state index < -0.39 is 15.8 Å². The van der Waals surface area contributed by atoms with Gasteiger partial charge in [0.1, 0.15) is 5.82 Å². The molecule has 0 spiro atoms. The molecule has 6 nitrogen and oxygen atoms in total. The van der Waals surface area contributed by atoms with Crippen LogP contribution < -0.4 is 4.72 Å². The third kappa shape index (κ3) is 4.66. The SMILES string of the molecule is O=S(=O)(Cc1ccccc1Cl)NCCc1nc(-c2ccccc2F)no1. The first kappa shape index (κ1) is 18.5. The molecular weight excluding hydrogens is 381 g/mol. The molecule has 0 saturated heterocycles. The van der Waals surface area contributed by atoms with Gasteiger partial charge in [-0.1, -0.05) is 47.1 Å². The summed E-state index contributed by atoms with van der Waals surface area (Å²) in [4.78, 5) is 4.09. The Balaban J connectivity index is 1.58. The first-order chi connectivity index (χ1) is 12.4. The van der Waals surface area contributed by atoms with Crippen LogP contribution in [0.3, 0.4) is 0 Å². The Hall–Kier alpha value is -2.29. The maximum absolute atomic E-state index is 13.7. The van der Waals surface area contributed by atoms with Gasteiger partial charge in [-0.15, -0.1) is 0 Å². The molecule has 1 N–H and O–H groups in total. The first-order valence-electron chi connectivity index (χ1n) is 7.73. The molecule has 1 heterocycles. The lowest BCUT2D eigenvalue weighted by atomic mass is 10.2. The van der Waals surface area contributed by atoms with E-state index in [0.29, 0.717) is 10.6 Å². The summed E-state index contributed by atoms with van der Waals surface area (Å²) >= 11 is 5.98. The number of benzene rings is 2. The van der Waals surface area contributed by atoms with Crippen molar-refractivity contribution >= 4 is 21.6 Å². The molecule has 0 amide bonds. The van der Waals surface area contributed by atoms with E-state index in [0.717, 1.165) is 0 Å². The molecule has 26 heavy (non-hydrogen) atoms. The Bertz CT molecular complexity index is 1010. The summed E-state index contributed by atoms with van der Waals surface area (Å²) in [6.45, 7) is 0.0751. The molecule has 3 rings (SSSR count). The van der Waals surface area contributed by atoms with Crippen molar-refractivity contribution in [3.8, 4) is 11.4 Å². The molecule has 0 saturated carbocycles. The Morgan fingerprint density at radius 1 is 1.12 bits per heavy atom. The molecule has 1 aromatic heterocycles. The van der Waals surface area contributed by atoms with Crippen LogP contribution in [0.5, 0.6) is 0 Å². The number of sulfonamides is 1. The molecule has 0 radical (unpaired) electrons. The average molecular weight is 396 g/mol. The second-order valence-corrected chi connectivity index (χ2v) is 7.70. The Morgan fingerprint density at radius 3 is 2.62 bits per heavy atom. The van der Waals surface area contributed by atoms with Crippen LogP contribution in [0.25, 0.3) is 11.4 Å². The Morgan fingerprint density at radius 2 is 1.85 bits per heavy atom. The van der Waals surface area contributed by atoms with E-state index in [4.69, 9.17) is 16.1 Å². The molecule has 0 aliphatic carbocycles. The van der Waals surface area contributed by atoms with Crippen molar-refractivity contribution in [1.29, 1.82) is 0 Å². The number of hydrogen-bond acceptors (Lipinski definition) is 5. The topological polar surface area (TPSA) is 85.1 Å². The fourth-order valence-corrected chi connectivity index (χ4v) is 3.75. The van der Waals surface area contributed by atoms with Gasteiger partial charge in [0.2, 0.25) is 21.7 Å². The molecule has 0 bridgehead atoms. The van der Waals surface area contributed by atoms with Crippen molar-refractivity contribution in [1.82, 2.24) is 14.9 Å². The van der Waals surface area contributed by atoms with E-state index in [1.165, 1.54) is 12.1 Å². The molecule has 2 aromatic carbocycles. The third-order valence-electron chi connectivity index (χ3n) is 3.55. The zero-order chi connectivity index (χ0) is 18.6. The van der Waals surface area contributed by atoms with Gasteiger partial charge in [0, 0.05) is 18.0 Å². The van der Waals surface area contributed by atoms with Crippen LogP contribution in [-0.2, 0) is 22.2 Å². The van der Waals surface area contributed by atoms with Crippen molar-refractivity contribution in [2.75, 3.05) is 6.54 Å². The van der Waals surface area contributed by atoms with E-state index in [-0.39, 0.29) is 36.0 Å². The maximum Gasteiger partial charge on any atom is 0.228 e. The average Bonchev–Trinajstić information content (AvgIpc) is 3.06. The molecule has 0 fully saturated rings. The standard InChI is InChI=1S/C17H15ClFN3O3S/c18-14-7-3-1-5-12(14)11-26(23,24)20-10-9-16-21-17(22-25-16)13-6-2-4-8-15(13)19/h1-8,20H,9-11H2. The molecule has 0 aliphatic heterocycles. The highest BCUT2D eigenvalue weighted by Crippen LogP contribution is 2.19. The monoisotopic (exact) mass is 395 g/mol. The molecule has 0 aliphatic rings. The molecule has 9 heteroatoms. The maximum atomic E-state index is 13.7. The quantitative estimate of drug-likeness (QED) is 0.664. The van der Waals surface area contributed by atoms with E-state index in [1.54, 1.807) is 36.4 Å². The number of aromatic nitrogens is 2. The van der Waals surface area contributed by atoms with Gasteiger partial charge in [-0.2, -0.15) is 4.98 Å². The van der Waals surface area contributed by atoms with Crippen LogP contribution >= 0.6 is 11.6 Å². The minimum absolute atomic E-state index is 0.0751. The summed E-state index contributed by atoms with van der Waals surface area (Å²) in [5, 5.41) is 4.11. The van der Waals surface area contributed by atoms with Gasteiger partial charge in [0.05, 0.1) is 11.3 Å². The van der Waals surface area contributed by atoms with Crippen molar-refractivity contribution in [2.45, 2.75) is 12.2 Å². The van der Waals surface area contributed by atoms with Gasteiger partial charge in [-0.25, -0.2) is 17.5 Å². The highest BCUT2D eigenvalue weighted by molar-refractivity contribution is 7.88. The minimum Gasteiger partial charge on any atom is -0.339 e. The minimum atomic E-state index is -3.56. The van der Waals surface area contributed by atoms with Gasteiger partial charge in [-0.05, 0) is 23.8 Å². The predicted octanol–water partition coefficient (Wildman–Crippen LogP) is 3.19. The van der Waals surface area contributed by atoms with Gasteiger partial charge in [-0.3, -0.25) is 0 Å². The van der Waals surface area contributed by atoms with Gasteiger partial charge in [0.15, 0.2) is 0 Å². The normalized spacial score (nSPS) is 11.6. The van der Waals surface area contributed by atoms with Crippen LogP contribution in [0.4, 0.5) is 4.39 Å². The lowest BCUT2D eigenvalue weighted by molar-refractivity contribution is 0.378. The van der Waals surface area contributed by atoms with Crippen molar-refractivity contribution in [3.63, 3.8) is 0 Å². The molecule has 3 aromatic rings. The lowest BCUT2D eigenvalue weighted by Gasteiger charge is -2.06. The molecule has 0 unspecified atom stereocenters. The van der Waals surface area contributed by atoms with Crippen LogP contribution in [-0.4, -0.2) is 25.1 Å². The number of halogens is 2. The van der Waals surface area contributed by atoms with E-state index in [9.17, 15) is 12.8 Å². The first-order valence-corrected chi connectivity index (χ1v) is 9.76. The fourth-order valence-electron chi connectivity index (χ4n) is 2.29. The zero-order valence-corrected chi connectivity index (χ0v) is 15.1. The molecule has 0 atom stereocenters. The number of nitrogens with zero attached hydrogens (tertiary/aromatic N) is 2. The second kappa shape index (κ2) is 7.94. The van der Waals surface area contributed by atoms with E-state index >= 15 is 0 Å². The van der Waals surface area contributed by atoms with Gasteiger partial charge >= 0.3 is 0 Å². The second-order valence-electron chi connectivity index (χ2n) is 5.49. The van der Waals surface area contributed by atoms with Crippen molar-refractivity contribution < 1.29 is 17.3 Å². The Kier molecular flexibility index (Phi) is 5.65. The van der Waals surface area contributed by atoms with E-state index in [2.05, 4.69) is 14.9 Å². The third-order valence-corrected chi connectivity index (χ3v) is 5.25. The van der Waals surface area contributed by atoms with Gasteiger partial charge in [0.25, 0.3) is 0 Å². The Labute approximate surface area is 155 Å². The number of nitrogens with one attached hydrogen (secondary N) is 1. The predicted molar refractivity (Wildman–Crippen MR) is 95.5 cm³/mol. The van der Waals surface area contributed by atoms with Crippen molar-refractivity contribution in [2.24, 2.45) is 0 Å². The summed E-state index contributed by atoms with van der Waals surface area (Å²) in [5.74, 6) is -0.349.